The Hall–Kier alpha value is -1.20. The van der Waals surface area contributed by atoms with E-state index < -0.39 is 27.7 Å². The lowest BCUT2D eigenvalue weighted by atomic mass is 10.5. The van der Waals surface area contributed by atoms with Gasteiger partial charge in [-0.3, -0.25) is 4.79 Å². The van der Waals surface area contributed by atoms with E-state index in [9.17, 15) is 13.2 Å². The lowest BCUT2D eigenvalue weighted by molar-refractivity contribution is -0.144. The molecule has 0 bridgehead atoms. The zero-order valence-corrected chi connectivity index (χ0v) is 8.11. The fraction of sp³-hybridized carbons (Fsp3) is 0.667. The highest BCUT2D eigenvalue weighted by Crippen LogP contribution is 1.96. The third-order valence-corrected chi connectivity index (χ3v) is 2.39. The number of hydrogen-bond acceptors (Lipinski definition) is 4. The Kier molecular flexibility index (Phi) is 4.30. The maximum atomic E-state index is 10.9. The van der Waals surface area contributed by atoms with E-state index in [0.29, 0.717) is 5.55 Å². The monoisotopic (exact) mass is 206 g/mol. The van der Waals surface area contributed by atoms with Crippen LogP contribution in [0.4, 0.5) is 0 Å². The van der Waals surface area contributed by atoms with E-state index in [0.717, 1.165) is 0 Å². The van der Waals surface area contributed by atoms with Gasteiger partial charge in [-0.05, 0) is 6.92 Å². The standard InChI is InChI=1S/C6H10N2O4S/c1-5(12-6(2)9)3-13(10,11)4-8-7/h4-5H,3H2,1-2H3. The molecule has 0 aliphatic heterocycles. The van der Waals surface area contributed by atoms with E-state index in [1.165, 1.54) is 13.8 Å². The molecule has 7 heteroatoms. The summed E-state index contributed by atoms with van der Waals surface area (Å²) in [6.45, 7) is 2.62. The molecule has 0 aromatic rings. The predicted octanol–water partition coefficient (Wildman–Crippen LogP) is -0.389. The van der Waals surface area contributed by atoms with Crippen LogP contribution in [0, 0.1) is 0 Å². The number of nitrogens with zero attached hydrogens (tertiary/aromatic N) is 2. The quantitative estimate of drug-likeness (QED) is 0.206. The van der Waals surface area contributed by atoms with Crippen LogP contribution in [-0.2, 0) is 19.4 Å². The average molecular weight is 206 g/mol. The highest BCUT2D eigenvalue weighted by molar-refractivity contribution is 8.04. The Balaban J connectivity index is 4.28. The Morgan fingerprint density at radius 2 is 2.23 bits per heavy atom. The highest BCUT2D eigenvalue weighted by Gasteiger charge is 2.19. The Morgan fingerprint density at radius 1 is 1.69 bits per heavy atom. The molecule has 0 spiro atoms. The molecule has 13 heavy (non-hydrogen) atoms. The van der Waals surface area contributed by atoms with Crippen LogP contribution in [0.15, 0.2) is 0 Å². The number of ether oxygens (including phenoxy) is 1. The molecule has 0 fully saturated rings. The zero-order chi connectivity index (χ0) is 10.5. The zero-order valence-electron chi connectivity index (χ0n) is 7.30. The van der Waals surface area contributed by atoms with Gasteiger partial charge in [0, 0.05) is 6.92 Å². The third-order valence-electron chi connectivity index (χ3n) is 1.04. The number of hydrogen-bond donors (Lipinski definition) is 0. The third kappa shape index (κ3) is 6.01. The largest absolute Gasteiger partial charge is 0.462 e. The van der Waals surface area contributed by atoms with E-state index >= 15 is 0 Å². The average Bonchev–Trinajstić information content (AvgIpc) is 1.81. The molecule has 0 saturated carbocycles. The van der Waals surface area contributed by atoms with Crippen LogP contribution < -0.4 is 0 Å². The molecule has 0 radical (unpaired) electrons. The number of esters is 1. The van der Waals surface area contributed by atoms with Crippen LogP contribution in [0.5, 0.6) is 0 Å². The maximum Gasteiger partial charge on any atom is 0.370 e. The number of rotatable bonds is 4. The fourth-order valence-corrected chi connectivity index (χ4v) is 1.71. The van der Waals surface area contributed by atoms with Crippen molar-refractivity contribution in [2.24, 2.45) is 0 Å². The van der Waals surface area contributed by atoms with Crippen molar-refractivity contribution < 1.29 is 22.7 Å². The van der Waals surface area contributed by atoms with Gasteiger partial charge in [-0.25, -0.2) is 8.42 Å². The smallest absolute Gasteiger partial charge is 0.370 e. The van der Waals surface area contributed by atoms with Crippen molar-refractivity contribution in [2.75, 3.05) is 5.75 Å². The van der Waals surface area contributed by atoms with E-state index in [1.807, 2.05) is 0 Å². The summed E-state index contributed by atoms with van der Waals surface area (Å²) in [6.07, 6.45) is -0.750. The number of carbonyl (C=O) groups excluding carboxylic acids is 1. The minimum absolute atomic E-state index is 0.392. The molecule has 0 aliphatic carbocycles. The molecule has 0 rings (SSSR count). The van der Waals surface area contributed by atoms with E-state index in [1.54, 1.807) is 0 Å². The van der Waals surface area contributed by atoms with Gasteiger partial charge in [-0.2, -0.15) is 4.79 Å². The van der Waals surface area contributed by atoms with E-state index in [2.05, 4.69) is 9.53 Å². The Bertz CT molecular complexity index is 329. The van der Waals surface area contributed by atoms with Crippen molar-refractivity contribution in [1.29, 1.82) is 0 Å². The summed E-state index contributed by atoms with van der Waals surface area (Å²) in [6, 6.07) is 0. The second-order valence-electron chi connectivity index (χ2n) is 2.47. The highest BCUT2D eigenvalue weighted by atomic mass is 32.2. The molecule has 1 unspecified atom stereocenters. The van der Waals surface area contributed by atoms with Gasteiger partial charge in [0.1, 0.15) is 6.10 Å². The summed E-state index contributed by atoms with van der Waals surface area (Å²) in [5.41, 5.74) is 8.39. The van der Waals surface area contributed by atoms with Crippen molar-refractivity contribution in [3.63, 3.8) is 0 Å². The molecular formula is C6H10N2O4S. The summed E-state index contributed by atoms with van der Waals surface area (Å²) in [5.74, 6) is -0.944. The fourth-order valence-electron chi connectivity index (χ4n) is 0.759. The van der Waals surface area contributed by atoms with Gasteiger partial charge in [0.25, 0.3) is 0 Å². The summed E-state index contributed by atoms with van der Waals surface area (Å²) in [4.78, 5) is 12.8. The topological polar surface area (TPSA) is 96.8 Å². The van der Waals surface area contributed by atoms with Crippen molar-refractivity contribution in [1.82, 2.24) is 0 Å². The van der Waals surface area contributed by atoms with Crippen LogP contribution in [-0.4, -0.2) is 36.6 Å². The molecule has 0 aromatic carbocycles. The number of sulfone groups is 1. The normalized spacial score (nSPS) is 12.8. The van der Waals surface area contributed by atoms with E-state index in [-0.39, 0.29) is 0 Å². The van der Waals surface area contributed by atoms with Crippen molar-refractivity contribution in [3.05, 3.63) is 5.53 Å². The SMILES string of the molecule is CC(=O)OC(C)CS(=O)(=O)C=[N+]=[N-]. The minimum Gasteiger partial charge on any atom is -0.462 e. The summed E-state index contributed by atoms with van der Waals surface area (Å²) < 4.78 is 26.4. The van der Waals surface area contributed by atoms with Crippen LogP contribution in [0.1, 0.15) is 13.8 Å². The van der Waals surface area contributed by atoms with Crippen molar-refractivity contribution in [2.45, 2.75) is 20.0 Å². The van der Waals surface area contributed by atoms with E-state index in [4.69, 9.17) is 5.53 Å². The molecule has 0 aliphatic rings. The van der Waals surface area contributed by atoms with Gasteiger partial charge in [0.2, 0.25) is 9.84 Å². The van der Waals surface area contributed by atoms with Crippen LogP contribution in [0.2, 0.25) is 0 Å². The molecular weight excluding hydrogens is 196 g/mol. The molecule has 0 N–H and O–H groups in total. The summed E-state index contributed by atoms with van der Waals surface area (Å²) >= 11 is 0. The molecule has 74 valence electrons. The van der Waals surface area contributed by atoms with Gasteiger partial charge in [-0.15, -0.1) is 0 Å². The summed E-state index contributed by atoms with van der Waals surface area (Å²) in [7, 11) is -3.60. The lowest BCUT2D eigenvalue weighted by Crippen LogP contribution is -2.23. The van der Waals surface area contributed by atoms with Crippen LogP contribution >= 0.6 is 0 Å². The first-order chi connectivity index (χ1) is 5.87. The first kappa shape index (κ1) is 11.8. The molecule has 0 heterocycles. The molecule has 0 saturated heterocycles. The molecule has 0 aromatic heterocycles. The first-order valence-electron chi connectivity index (χ1n) is 3.45. The molecule has 0 amide bonds. The van der Waals surface area contributed by atoms with Gasteiger partial charge in [0.15, 0.2) is 0 Å². The second-order valence-corrected chi connectivity index (χ2v) is 4.34. The lowest BCUT2D eigenvalue weighted by Gasteiger charge is -2.08. The van der Waals surface area contributed by atoms with Crippen molar-refractivity contribution >= 4 is 21.4 Å². The van der Waals surface area contributed by atoms with Crippen LogP contribution in [0.25, 0.3) is 5.53 Å². The van der Waals surface area contributed by atoms with Gasteiger partial charge in [-0.1, -0.05) is 0 Å². The van der Waals surface area contributed by atoms with Crippen molar-refractivity contribution in [3.8, 4) is 0 Å². The van der Waals surface area contributed by atoms with Gasteiger partial charge in [0.05, 0.1) is 5.75 Å². The van der Waals surface area contributed by atoms with Crippen LogP contribution in [0.3, 0.4) is 0 Å². The maximum absolute atomic E-state index is 10.9. The molecule has 6 nitrogen and oxygen atoms in total. The predicted molar refractivity (Wildman–Crippen MR) is 44.7 cm³/mol. The first-order valence-corrected chi connectivity index (χ1v) is 5.16. The Labute approximate surface area is 76.0 Å². The van der Waals surface area contributed by atoms with Gasteiger partial charge >= 0.3 is 11.5 Å². The number of carbonyl (C=O) groups is 1. The summed E-state index contributed by atoms with van der Waals surface area (Å²) in [5, 5.41) is 0. The second kappa shape index (κ2) is 4.74. The Morgan fingerprint density at radius 3 is 2.62 bits per heavy atom. The molecule has 1 atom stereocenters. The van der Waals surface area contributed by atoms with Gasteiger partial charge < -0.3 is 10.3 Å². The minimum atomic E-state index is -3.60.